The average Bonchev–Trinajstić information content (AvgIpc) is 3.01. The molecule has 3 rings (SSSR count). The minimum absolute atomic E-state index is 0.169. The van der Waals surface area contributed by atoms with Crippen molar-refractivity contribution in [3.05, 3.63) is 107 Å². The number of carbonyl (C=O) groups excluding carboxylic acids is 4. The largest absolute Gasteiger partial charge is 0.458 e. The van der Waals surface area contributed by atoms with E-state index in [1.54, 1.807) is 47.6 Å². The molecule has 3 aromatic rings. The number of carbonyl (C=O) groups is 4. The van der Waals surface area contributed by atoms with Gasteiger partial charge in [-0.25, -0.2) is 9.59 Å². The van der Waals surface area contributed by atoms with Gasteiger partial charge in [-0.15, -0.1) is 0 Å². The number of nitrogens with one attached hydrogen (secondary N) is 2. The Bertz CT molecular complexity index is 1550. The van der Waals surface area contributed by atoms with Gasteiger partial charge in [0.15, 0.2) is 0 Å². The second kappa shape index (κ2) is 17.1. The summed E-state index contributed by atoms with van der Waals surface area (Å²) >= 11 is 0. The molecule has 0 aliphatic rings. The molecule has 0 aliphatic carbocycles. The number of rotatable bonds is 13. The Balaban J connectivity index is 2.12. The van der Waals surface area contributed by atoms with Crippen LogP contribution in [0, 0.1) is 6.92 Å². The number of ether oxygens (including phenoxy) is 2. The van der Waals surface area contributed by atoms with Gasteiger partial charge in [0.2, 0.25) is 11.8 Å². The number of hydrogen-bond donors (Lipinski definition) is 2. The molecule has 9 heteroatoms. The highest BCUT2D eigenvalue weighted by Crippen LogP contribution is 2.28. The first kappa shape index (κ1) is 38.8. The van der Waals surface area contributed by atoms with Gasteiger partial charge >= 0.3 is 12.1 Å². The van der Waals surface area contributed by atoms with Crippen molar-refractivity contribution in [3.8, 4) is 0 Å². The van der Waals surface area contributed by atoms with Crippen LogP contribution in [0.1, 0.15) is 90.1 Å². The van der Waals surface area contributed by atoms with Gasteiger partial charge in [0.25, 0.3) is 0 Å². The summed E-state index contributed by atoms with van der Waals surface area (Å²) in [4.78, 5) is 57.7. The van der Waals surface area contributed by atoms with Crippen LogP contribution in [0.5, 0.6) is 0 Å². The Labute approximate surface area is 291 Å². The summed E-state index contributed by atoms with van der Waals surface area (Å²) in [6.07, 6.45) is 0.139. The molecule has 0 saturated carbocycles. The van der Waals surface area contributed by atoms with Gasteiger partial charge < -0.3 is 25.0 Å². The summed E-state index contributed by atoms with van der Waals surface area (Å²) in [5.74, 6) is -1.58. The first-order valence-electron chi connectivity index (χ1n) is 17.0. The van der Waals surface area contributed by atoms with Crippen molar-refractivity contribution >= 4 is 23.9 Å². The van der Waals surface area contributed by atoms with Gasteiger partial charge in [0.1, 0.15) is 29.3 Å². The lowest BCUT2D eigenvalue weighted by Crippen LogP contribution is -2.57. The van der Waals surface area contributed by atoms with E-state index < -0.39 is 59.2 Å². The highest BCUT2D eigenvalue weighted by atomic mass is 16.6. The van der Waals surface area contributed by atoms with Crippen LogP contribution in [0.3, 0.4) is 0 Å². The van der Waals surface area contributed by atoms with Crippen molar-refractivity contribution in [1.29, 1.82) is 0 Å². The summed E-state index contributed by atoms with van der Waals surface area (Å²) < 4.78 is 11.3. The third-order valence-electron chi connectivity index (χ3n) is 7.77. The summed E-state index contributed by atoms with van der Waals surface area (Å²) in [6, 6.07) is 22.5. The lowest BCUT2D eigenvalue weighted by Gasteiger charge is -2.39. The first-order valence-corrected chi connectivity index (χ1v) is 17.0. The van der Waals surface area contributed by atoms with Gasteiger partial charge in [0, 0.05) is 18.9 Å². The van der Waals surface area contributed by atoms with Crippen molar-refractivity contribution in [3.63, 3.8) is 0 Å². The van der Waals surface area contributed by atoms with E-state index in [4.69, 9.17) is 9.47 Å². The molecule has 0 fully saturated rings. The Kier molecular flexibility index (Phi) is 13.6. The molecule has 0 aromatic heterocycles. The SMILES string of the molecule is CCC(C)N(C(=O)C(Cc1ccccc1)NC(=O)OC(C)(C)C)C(C(=O)NC(Cc1ccccc1)C(=O)OC(C)(C)C)c1cccc(C)c1. The number of nitrogens with zero attached hydrogens (tertiary/aromatic N) is 1. The number of alkyl carbamates (subject to hydrolysis) is 1. The first-order chi connectivity index (χ1) is 23.0. The van der Waals surface area contributed by atoms with Crippen molar-refractivity contribution < 1.29 is 28.7 Å². The number of hydrogen-bond acceptors (Lipinski definition) is 6. The van der Waals surface area contributed by atoms with Crippen molar-refractivity contribution in [2.75, 3.05) is 0 Å². The minimum Gasteiger partial charge on any atom is -0.458 e. The maximum atomic E-state index is 14.8. The van der Waals surface area contributed by atoms with Crippen LogP contribution in [0.2, 0.25) is 0 Å². The maximum Gasteiger partial charge on any atom is 0.408 e. The lowest BCUT2D eigenvalue weighted by atomic mass is 9.96. The number of benzene rings is 3. The highest BCUT2D eigenvalue weighted by Gasteiger charge is 2.40. The van der Waals surface area contributed by atoms with Crippen LogP contribution >= 0.6 is 0 Å². The molecule has 2 N–H and O–H groups in total. The van der Waals surface area contributed by atoms with E-state index in [1.165, 1.54) is 4.90 Å². The number of amides is 3. The molecule has 0 saturated heterocycles. The smallest absolute Gasteiger partial charge is 0.408 e. The monoisotopic (exact) mass is 671 g/mol. The third kappa shape index (κ3) is 12.4. The van der Waals surface area contributed by atoms with Crippen molar-refractivity contribution in [1.82, 2.24) is 15.5 Å². The van der Waals surface area contributed by atoms with Crippen molar-refractivity contribution in [2.24, 2.45) is 0 Å². The molecule has 0 spiro atoms. The highest BCUT2D eigenvalue weighted by molar-refractivity contribution is 5.94. The van der Waals surface area contributed by atoms with E-state index in [0.717, 1.165) is 16.7 Å². The Morgan fingerprint density at radius 1 is 0.714 bits per heavy atom. The molecule has 264 valence electrons. The average molecular weight is 672 g/mol. The molecular formula is C40H53N3O6. The van der Waals surface area contributed by atoms with Gasteiger partial charge in [-0.3, -0.25) is 9.59 Å². The molecule has 4 atom stereocenters. The van der Waals surface area contributed by atoms with Crippen LogP contribution in [0.15, 0.2) is 84.9 Å². The molecule has 49 heavy (non-hydrogen) atoms. The molecule has 3 amide bonds. The van der Waals surface area contributed by atoms with Crippen molar-refractivity contribution in [2.45, 2.75) is 117 Å². The summed E-state index contributed by atoms with van der Waals surface area (Å²) in [5.41, 5.74) is 1.55. The molecule has 0 heterocycles. The summed E-state index contributed by atoms with van der Waals surface area (Å²) in [7, 11) is 0. The van der Waals surface area contributed by atoms with Crippen LogP contribution in [-0.2, 0) is 36.7 Å². The predicted molar refractivity (Wildman–Crippen MR) is 192 cm³/mol. The topological polar surface area (TPSA) is 114 Å². The zero-order valence-corrected chi connectivity index (χ0v) is 30.4. The van der Waals surface area contributed by atoms with E-state index in [-0.39, 0.29) is 12.8 Å². The standard InChI is InChI=1S/C40H53N3O6/c1-10-28(3)43(36(45)32(25-29-19-13-11-14-20-29)42-38(47)49-40(7,8)9)34(31-23-17-18-27(2)24-31)35(44)41-33(37(46)48-39(4,5)6)26-30-21-15-12-16-22-30/h11-24,28,32-34H,10,25-26H2,1-9H3,(H,41,44)(H,42,47). The fraction of sp³-hybridized carbons (Fsp3) is 0.450. The number of aryl methyl sites for hydroxylation is 1. The van der Waals surface area contributed by atoms with Crippen LogP contribution in [0.4, 0.5) is 4.79 Å². The molecule has 3 aromatic carbocycles. The summed E-state index contributed by atoms with van der Waals surface area (Å²) in [5, 5.41) is 5.76. The van der Waals surface area contributed by atoms with Crippen LogP contribution in [0.25, 0.3) is 0 Å². The van der Waals surface area contributed by atoms with E-state index >= 15 is 0 Å². The van der Waals surface area contributed by atoms with Gasteiger partial charge in [-0.05, 0) is 78.5 Å². The maximum absolute atomic E-state index is 14.8. The third-order valence-corrected chi connectivity index (χ3v) is 7.77. The van der Waals surface area contributed by atoms with E-state index in [9.17, 15) is 19.2 Å². The fourth-order valence-electron chi connectivity index (χ4n) is 5.42. The molecule has 0 bridgehead atoms. The van der Waals surface area contributed by atoms with Gasteiger partial charge in [-0.1, -0.05) is 97.4 Å². The van der Waals surface area contributed by atoms with Crippen LogP contribution < -0.4 is 10.6 Å². The van der Waals surface area contributed by atoms with E-state index in [2.05, 4.69) is 10.6 Å². The van der Waals surface area contributed by atoms with E-state index in [1.807, 2.05) is 99.6 Å². The molecule has 0 radical (unpaired) electrons. The van der Waals surface area contributed by atoms with Gasteiger partial charge in [-0.2, -0.15) is 0 Å². The summed E-state index contributed by atoms with van der Waals surface area (Å²) in [6.45, 7) is 16.3. The zero-order chi connectivity index (χ0) is 36.4. The Hall–Kier alpha value is -4.66. The molecule has 4 unspecified atom stereocenters. The second-order valence-corrected chi connectivity index (χ2v) is 14.5. The normalized spacial score (nSPS) is 14.1. The van der Waals surface area contributed by atoms with Gasteiger partial charge in [0.05, 0.1) is 0 Å². The fourth-order valence-corrected chi connectivity index (χ4v) is 5.42. The molecule has 9 nitrogen and oxygen atoms in total. The molecular weight excluding hydrogens is 618 g/mol. The lowest BCUT2D eigenvalue weighted by molar-refractivity contribution is -0.159. The Morgan fingerprint density at radius 2 is 1.24 bits per heavy atom. The predicted octanol–water partition coefficient (Wildman–Crippen LogP) is 6.87. The minimum atomic E-state index is -1.14. The number of esters is 1. The molecule has 0 aliphatic heterocycles. The zero-order valence-electron chi connectivity index (χ0n) is 30.4. The second-order valence-electron chi connectivity index (χ2n) is 14.5. The quantitative estimate of drug-likeness (QED) is 0.192. The Morgan fingerprint density at radius 3 is 1.73 bits per heavy atom. The van der Waals surface area contributed by atoms with Crippen LogP contribution in [-0.4, -0.2) is 58.1 Å². The van der Waals surface area contributed by atoms with E-state index in [0.29, 0.717) is 12.0 Å².